The molecule has 0 radical (unpaired) electrons. The van der Waals surface area contributed by atoms with Gasteiger partial charge in [-0.3, -0.25) is 4.79 Å². The van der Waals surface area contributed by atoms with Crippen LogP contribution in [-0.4, -0.2) is 32.7 Å². The van der Waals surface area contributed by atoms with Gasteiger partial charge in [-0.25, -0.2) is 0 Å². The number of hydrogen-bond acceptors (Lipinski definition) is 3. The van der Waals surface area contributed by atoms with E-state index in [4.69, 9.17) is 4.74 Å². The molecule has 23 heavy (non-hydrogen) atoms. The number of nitrogens with zero attached hydrogens (tertiary/aromatic N) is 1. The molecular weight excluding hydrogens is 288 g/mol. The van der Waals surface area contributed by atoms with E-state index in [2.05, 4.69) is 22.3 Å². The predicted molar refractivity (Wildman–Crippen MR) is 93.4 cm³/mol. The van der Waals surface area contributed by atoms with Gasteiger partial charge in [-0.1, -0.05) is 48.5 Å². The summed E-state index contributed by atoms with van der Waals surface area (Å²) in [6, 6.07) is 20.2. The van der Waals surface area contributed by atoms with Gasteiger partial charge < -0.3 is 15.0 Å². The van der Waals surface area contributed by atoms with E-state index in [1.54, 1.807) is 7.11 Å². The van der Waals surface area contributed by atoms with Crippen molar-refractivity contribution in [2.75, 3.05) is 31.7 Å². The first-order valence-electron chi connectivity index (χ1n) is 7.89. The quantitative estimate of drug-likeness (QED) is 0.724. The van der Waals surface area contributed by atoms with Crippen molar-refractivity contribution in [2.24, 2.45) is 0 Å². The minimum Gasteiger partial charge on any atom is -0.385 e. The van der Waals surface area contributed by atoms with Crippen LogP contribution in [-0.2, 0) is 16.1 Å². The molecule has 2 rings (SSSR count). The van der Waals surface area contributed by atoms with Crippen LogP contribution >= 0.6 is 0 Å². The van der Waals surface area contributed by atoms with Gasteiger partial charge in [-0.05, 0) is 24.1 Å². The van der Waals surface area contributed by atoms with E-state index in [-0.39, 0.29) is 5.91 Å². The van der Waals surface area contributed by atoms with Crippen LogP contribution in [0.15, 0.2) is 60.7 Å². The highest BCUT2D eigenvalue weighted by Gasteiger charge is 2.11. The summed E-state index contributed by atoms with van der Waals surface area (Å²) in [4.78, 5) is 14.3. The largest absolute Gasteiger partial charge is 0.385 e. The normalized spacial score (nSPS) is 10.3. The van der Waals surface area contributed by atoms with E-state index in [1.165, 1.54) is 5.56 Å². The Hall–Kier alpha value is -2.33. The van der Waals surface area contributed by atoms with Crippen LogP contribution in [0.3, 0.4) is 0 Å². The van der Waals surface area contributed by atoms with Crippen molar-refractivity contribution in [3.05, 3.63) is 66.2 Å². The number of para-hydroxylation sites is 1. The number of nitrogens with one attached hydrogen (secondary N) is 1. The van der Waals surface area contributed by atoms with Crippen LogP contribution in [0, 0.1) is 0 Å². The number of carbonyl (C=O) groups excluding carboxylic acids is 1. The third-order valence-corrected chi connectivity index (χ3v) is 3.52. The number of anilines is 1. The first-order chi connectivity index (χ1) is 11.3. The highest BCUT2D eigenvalue weighted by molar-refractivity contribution is 5.81. The second-order valence-corrected chi connectivity index (χ2v) is 5.37. The lowest BCUT2D eigenvalue weighted by Crippen LogP contribution is -2.37. The second-order valence-electron chi connectivity index (χ2n) is 5.37. The maximum atomic E-state index is 12.2. The minimum absolute atomic E-state index is 0.0286. The molecule has 4 nitrogen and oxygen atoms in total. The van der Waals surface area contributed by atoms with Gasteiger partial charge in [-0.2, -0.15) is 0 Å². The Morgan fingerprint density at radius 2 is 1.70 bits per heavy atom. The molecule has 1 N–H and O–H groups in total. The molecule has 122 valence electrons. The standard InChI is InChI=1S/C19H24N2O2/c1-23-14-8-13-20-19(22)16-21(18-11-6-3-7-12-18)15-17-9-4-2-5-10-17/h2-7,9-12H,8,13-16H2,1H3,(H,20,22). The van der Waals surface area contributed by atoms with Crippen molar-refractivity contribution in [3.8, 4) is 0 Å². The first-order valence-corrected chi connectivity index (χ1v) is 7.89. The van der Waals surface area contributed by atoms with Crippen LogP contribution < -0.4 is 10.2 Å². The van der Waals surface area contributed by atoms with Crippen molar-refractivity contribution >= 4 is 11.6 Å². The van der Waals surface area contributed by atoms with Crippen LogP contribution in [0.4, 0.5) is 5.69 Å². The maximum absolute atomic E-state index is 12.2. The summed E-state index contributed by atoms with van der Waals surface area (Å²) in [6.45, 7) is 2.34. The highest BCUT2D eigenvalue weighted by atomic mass is 16.5. The Bertz CT molecular complexity index is 572. The van der Waals surface area contributed by atoms with Crippen LogP contribution in [0.2, 0.25) is 0 Å². The number of rotatable bonds is 9. The predicted octanol–water partition coefficient (Wildman–Crippen LogP) is 2.85. The fourth-order valence-corrected chi connectivity index (χ4v) is 2.35. The van der Waals surface area contributed by atoms with Gasteiger partial charge in [0, 0.05) is 32.5 Å². The van der Waals surface area contributed by atoms with E-state index in [1.807, 2.05) is 48.5 Å². The average Bonchev–Trinajstić information content (AvgIpc) is 2.60. The second kappa shape index (κ2) is 9.64. The maximum Gasteiger partial charge on any atom is 0.239 e. The third-order valence-electron chi connectivity index (χ3n) is 3.52. The molecule has 0 bridgehead atoms. The molecule has 0 spiro atoms. The highest BCUT2D eigenvalue weighted by Crippen LogP contribution is 2.16. The van der Waals surface area contributed by atoms with Crippen LogP contribution in [0.5, 0.6) is 0 Å². The van der Waals surface area contributed by atoms with E-state index in [0.29, 0.717) is 26.2 Å². The number of methoxy groups -OCH3 is 1. The zero-order chi connectivity index (χ0) is 16.3. The number of amides is 1. The summed E-state index contributed by atoms with van der Waals surface area (Å²) in [5.74, 6) is 0.0286. The number of hydrogen-bond donors (Lipinski definition) is 1. The Labute approximate surface area is 138 Å². The van der Waals surface area contributed by atoms with Crippen molar-refractivity contribution in [1.82, 2.24) is 5.32 Å². The Morgan fingerprint density at radius 3 is 2.35 bits per heavy atom. The van der Waals surface area contributed by atoms with E-state index in [0.717, 1.165) is 12.1 Å². The van der Waals surface area contributed by atoms with Gasteiger partial charge in [-0.15, -0.1) is 0 Å². The Morgan fingerprint density at radius 1 is 1.04 bits per heavy atom. The minimum atomic E-state index is 0.0286. The van der Waals surface area contributed by atoms with Gasteiger partial charge in [0.2, 0.25) is 5.91 Å². The van der Waals surface area contributed by atoms with Crippen molar-refractivity contribution < 1.29 is 9.53 Å². The molecule has 0 heterocycles. The molecule has 0 aromatic heterocycles. The molecule has 0 aliphatic rings. The van der Waals surface area contributed by atoms with Gasteiger partial charge in [0.05, 0.1) is 6.54 Å². The molecule has 0 atom stereocenters. The molecule has 0 fully saturated rings. The molecule has 0 aliphatic carbocycles. The summed E-state index contributed by atoms with van der Waals surface area (Å²) in [7, 11) is 1.67. The molecular formula is C19H24N2O2. The van der Waals surface area contributed by atoms with Crippen LogP contribution in [0.25, 0.3) is 0 Å². The van der Waals surface area contributed by atoms with Gasteiger partial charge >= 0.3 is 0 Å². The molecule has 2 aromatic rings. The number of benzene rings is 2. The topological polar surface area (TPSA) is 41.6 Å². The van der Waals surface area contributed by atoms with Crippen molar-refractivity contribution in [2.45, 2.75) is 13.0 Å². The van der Waals surface area contributed by atoms with Gasteiger partial charge in [0.15, 0.2) is 0 Å². The van der Waals surface area contributed by atoms with Crippen molar-refractivity contribution in [3.63, 3.8) is 0 Å². The summed E-state index contributed by atoms with van der Waals surface area (Å²) < 4.78 is 4.99. The van der Waals surface area contributed by atoms with E-state index < -0.39 is 0 Å². The summed E-state index contributed by atoms with van der Waals surface area (Å²) in [5, 5.41) is 2.94. The van der Waals surface area contributed by atoms with E-state index >= 15 is 0 Å². The molecule has 0 unspecified atom stereocenters. The van der Waals surface area contributed by atoms with E-state index in [9.17, 15) is 4.79 Å². The van der Waals surface area contributed by atoms with Gasteiger partial charge in [0.1, 0.15) is 0 Å². The van der Waals surface area contributed by atoms with Crippen LogP contribution in [0.1, 0.15) is 12.0 Å². The lowest BCUT2D eigenvalue weighted by atomic mass is 10.2. The molecule has 0 saturated carbocycles. The summed E-state index contributed by atoms with van der Waals surface area (Å²) in [5.41, 5.74) is 2.23. The third kappa shape index (κ3) is 6.12. The molecule has 4 heteroatoms. The first kappa shape index (κ1) is 17.0. The molecule has 2 aromatic carbocycles. The molecule has 0 aliphatic heterocycles. The SMILES string of the molecule is COCCCNC(=O)CN(Cc1ccccc1)c1ccccc1. The Kier molecular flexibility index (Phi) is 7.14. The van der Waals surface area contributed by atoms with Gasteiger partial charge in [0.25, 0.3) is 0 Å². The fourth-order valence-electron chi connectivity index (χ4n) is 2.35. The zero-order valence-corrected chi connectivity index (χ0v) is 13.6. The van der Waals surface area contributed by atoms with Crippen molar-refractivity contribution in [1.29, 1.82) is 0 Å². The fraction of sp³-hybridized carbons (Fsp3) is 0.316. The lowest BCUT2D eigenvalue weighted by molar-refractivity contribution is -0.119. The number of carbonyl (C=O) groups is 1. The Balaban J connectivity index is 1.98. The zero-order valence-electron chi connectivity index (χ0n) is 13.6. The molecule has 0 saturated heterocycles. The lowest BCUT2D eigenvalue weighted by Gasteiger charge is -2.24. The average molecular weight is 312 g/mol. The number of ether oxygens (including phenoxy) is 1. The molecule has 1 amide bonds. The smallest absolute Gasteiger partial charge is 0.239 e. The summed E-state index contributed by atoms with van der Waals surface area (Å²) in [6.07, 6.45) is 0.826. The monoisotopic (exact) mass is 312 g/mol. The summed E-state index contributed by atoms with van der Waals surface area (Å²) >= 11 is 0.